The zero-order chi connectivity index (χ0) is 24.1. The van der Waals surface area contributed by atoms with E-state index in [1.54, 1.807) is 0 Å². The Balaban J connectivity index is 4.20. The van der Waals surface area contributed by atoms with Crippen molar-refractivity contribution < 1.29 is 37.1 Å². The first-order chi connectivity index (χ1) is 15.3. The van der Waals surface area contributed by atoms with E-state index in [0.717, 1.165) is 30.3 Å². The largest absolute Gasteiger partial charge is 0.464 e. The predicted octanol–water partition coefficient (Wildman–Crippen LogP) is 4.99. The summed E-state index contributed by atoms with van der Waals surface area (Å²) in [5.74, 6) is -0.303. The SMILES string of the molecule is CCCCCCCCCCCC(=O)O[C@@H](COC=O)COP(OCC)OCC[N+](C)(C)C. The molecule has 0 aliphatic rings. The molecule has 0 bridgehead atoms. The molecular weight excluding hydrogens is 433 g/mol. The summed E-state index contributed by atoms with van der Waals surface area (Å²) in [5.41, 5.74) is 0. The maximum Gasteiger partial charge on any atom is 0.332 e. The van der Waals surface area contributed by atoms with E-state index in [1.807, 2.05) is 6.92 Å². The van der Waals surface area contributed by atoms with Crippen molar-refractivity contribution in [3.8, 4) is 0 Å². The molecule has 0 saturated carbocycles. The van der Waals surface area contributed by atoms with E-state index in [4.69, 9.17) is 23.0 Å². The summed E-state index contributed by atoms with van der Waals surface area (Å²) in [6.07, 6.45) is 10.3. The molecule has 0 aliphatic carbocycles. The predicted molar refractivity (Wildman–Crippen MR) is 127 cm³/mol. The lowest BCUT2D eigenvalue weighted by atomic mass is 10.1. The molecule has 0 radical (unpaired) electrons. The van der Waals surface area contributed by atoms with Crippen molar-refractivity contribution >= 4 is 21.0 Å². The lowest BCUT2D eigenvalue weighted by Gasteiger charge is -2.25. The van der Waals surface area contributed by atoms with Crippen LogP contribution in [0.15, 0.2) is 0 Å². The molecule has 8 nitrogen and oxygen atoms in total. The number of quaternary nitrogens is 1. The zero-order valence-electron chi connectivity index (χ0n) is 21.0. The second-order valence-electron chi connectivity index (χ2n) is 8.90. The van der Waals surface area contributed by atoms with E-state index in [-0.39, 0.29) is 19.2 Å². The molecule has 0 aliphatic heterocycles. The molecule has 9 heteroatoms. The van der Waals surface area contributed by atoms with Gasteiger partial charge in [0.15, 0.2) is 6.10 Å². The number of carbonyl (C=O) groups is 2. The lowest BCUT2D eigenvalue weighted by Crippen LogP contribution is -2.37. The van der Waals surface area contributed by atoms with Gasteiger partial charge < -0.3 is 27.5 Å². The van der Waals surface area contributed by atoms with E-state index in [9.17, 15) is 9.59 Å². The number of ether oxygens (including phenoxy) is 2. The Bertz CT molecular complexity index is 460. The first-order valence-electron chi connectivity index (χ1n) is 12.1. The van der Waals surface area contributed by atoms with E-state index >= 15 is 0 Å². The van der Waals surface area contributed by atoms with Gasteiger partial charge in [0.2, 0.25) is 0 Å². The Morgan fingerprint density at radius 1 is 0.875 bits per heavy atom. The molecule has 0 aromatic carbocycles. The third-order valence-corrected chi connectivity index (χ3v) is 5.91. The number of carbonyl (C=O) groups excluding carboxylic acids is 2. The summed E-state index contributed by atoms with van der Waals surface area (Å²) in [7, 11) is 4.67. The number of rotatable bonds is 23. The highest BCUT2D eigenvalue weighted by Gasteiger charge is 2.21. The van der Waals surface area contributed by atoms with Crippen LogP contribution >= 0.6 is 8.60 Å². The monoisotopic (exact) mass is 480 g/mol. The van der Waals surface area contributed by atoms with Crippen molar-refractivity contribution in [2.24, 2.45) is 0 Å². The van der Waals surface area contributed by atoms with Crippen molar-refractivity contribution in [2.45, 2.75) is 84.2 Å². The van der Waals surface area contributed by atoms with Gasteiger partial charge in [-0.25, -0.2) is 0 Å². The third-order valence-electron chi connectivity index (χ3n) is 4.69. The molecule has 0 amide bonds. The minimum Gasteiger partial charge on any atom is -0.464 e. The highest BCUT2D eigenvalue weighted by atomic mass is 31.2. The van der Waals surface area contributed by atoms with Crippen molar-refractivity contribution in [3.63, 3.8) is 0 Å². The van der Waals surface area contributed by atoms with Gasteiger partial charge in [0.1, 0.15) is 19.8 Å². The van der Waals surface area contributed by atoms with Crippen molar-refractivity contribution in [1.29, 1.82) is 0 Å². The van der Waals surface area contributed by atoms with Gasteiger partial charge in [-0.05, 0) is 13.3 Å². The van der Waals surface area contributed by atoms with Crippen LogP contribution in [0.1, 0.15) is 78.1 Å². The van der Waals surface area contributed by atoms with E-state index in [2.05, 4.69) is 28.1 Å². The molecule has 0 spiro atoms. The van der Waals surface area contributed by atoms with Crippen molar-refractivity contribution in [3.05, 3.63) is 0 Å². The highest BCUT2D eigenvalue weighted by Crippen LogP contribution is 2.39. The van der Waals surface area contributed by atoms with Crippen LogP contribution < -0.4 is 0 Å². The van der Waals surface area contributed by atoms with Crippen LogP contribution in [0.3, 0.4) is 0 Å². The summed E-state index contributed by atoms with van der Waals surface area (Å²) < 4.78 is 27.9. The Morgan fingerprint density at radius 2 is 1.50 bits per heavy atom. The zero-order valence-corrected chi connectivity index (χ0v) is 21.9. The van der Waals surface area contributed by atoms with Crippen LogP contribution in [0.25, 0.3) is 0 Å². The van der Waals surface area contributed by atoms with Crippen LogP contribution in [-0.4, -0.2) is 77.1 Å². The maximum absolute atomic E-state index is 12.2. The van der Waals surface area contributed by atoms with Gasteiger partial charge in [-0.3, -0.25) is 9.59 Å². The maximum atomic E-state index is 12.2. The summed E-state index contributed by atoms with van der Waals surface area (Å²) in [5, 5.41) is 0. The van der Waals surface area contributed by atoms with Crippen molar-refractivity contribution in [2.75, 3.05) is 54.1 Å². The minimum absolute atomic E-state index is 0.0490. The Kier molecular flexibility index (Phi) is 20.3. The average molecular weight is 481 g/mol. The van der Waals surface area contributed by atoms with Gasteiger partial charge in [-0.1, -0.05) is 58.3 Å². The minimum atomic E-state index is -1.56. The Morgan fingerprint density at radius 3 is 2.06 bits per heavy atom. The number of nitrogens with zero attached hydrogens (tertiary/aromatic N) is 1. The number of esters is 1. The molecule has 1 unspecified atom stereocenters. The summed E-state index contributed by atoms with van der Waals surface area (Å²) in [4.78, 5) is 22.8. The van der Waals surface area contributed by atoms with E-state index in [0.29, 0.717) is 26.1 Å². The van der Waals surface area contributed by atoms with Gasteiger partial charge in [-0.15, -0.1) is 0 Å². The lowest BCUT2D eigenvalue weighted by molar-refractivity contribution is -0.870. The molecule has 0 aromatic rings. The molecular formula is C23H47NO7P+. The van der Waals surface area contributed by atoms with Crippen LogP contribution in [0.5, 0.6) is 0 Å². The van der Waals surface area contributed by atoms with Gasteiger partial charge in [-0.2, -0.15) is 0 Å². The topological polar surface area (TPSA) is 80.3 Å². The number of likely N-dealkylation sites (N-methyl/N-ethyl adjacent to an activating group) is 1. The second kappa shape index (κ2) is 20.8. The van der Waals surface area contributed by atoms with Gasteiger partial charge in [0, 0.05) is 6.42 Å². The molecule has 0 rings (SSSR count). The summed E-state index contributed by atoms with van der Waals surface area (Å²) in [6.45, 7) is 6.16. The Labute approximate surface area is 196 Å². The Hall–Kier alpha value is -0.790. The summed E-state index contributed by atoms with van der Waals surface area (Å²) in [6, 6.07) is 0. The molecule has 0 aromatic heterocycles. The second-order valence-corrected chi connectivity index (χ2v) is 10.1. The fourth-order valence-electron chi connectivity index (χ4n) is 2.84. The molecule has 190 valence electrons. The average Bonchev–Trinajstić information content (AvgIpc) is 2.73. The van der Waals surface area contributed by atoms with Gasteiger partial charge in [0.05, 0.1) is 34.4 Å². The standard InChI is InChI=1S/C23H47NO7P/c1-6-8-9-10-11-12-13-14-15-16-23(26)31-22(19-27-21-25)20-30-32(28-7-2)29-18-17-24(3,4)5/h21-22H,6-20H2,1-5H3/q+1/t22-,32?/m0/s1. The fraction of sp³-hybridized carbons (Fsp3) is 0.913. The van der Waals surface area contributed by atoms with Crippen LogP contribution in [0.2, 0.25) is 0 Å². The first-order valence-corrected chi connectivity index (χ1v) is 13.2. The third kappa shape index (κ3) is 21.1. The van der Waals surface area contributed by atoms with Gasteiger partial charge in [0.25, 0.3) is 6.47 Å². The number of hydrogen-bond donors (Lipinski definition) is 0. The quantitative estimate of drug-likeness (QED) is 0.0670. The van der Waals surface area contributed by atoms with Crippen molar-refractivity contribution in [1.82, 2.24) is 0 Å². The molecule has 0 N–H and O–H groups in total. The fourth-order valence-corrected chi connectivity index (χ4v) is 3.79. The molecule has 0 fully saturated rings. The van der Waals surface area contributed by atoms with Crippen LogP contribution in [0.4, 0.5) is 0 Å². The number of hydrogen-bond acceptors (Lipinski definition) is 7. The van der Waals surface area contributed by atoms with E-state index in [1.165, 1.54) is 38.5 Å². The van der Waals surface area contributed by atoms with Crippen LogP contribution in [0, 0.1) is 0 Å². The molecule has 2 atom stereocenters. The molecule has 0 saturated heterocycles. The van der Waals surface area contributed by atoms with E-state index < -0.39 is 14.7 Å². The highest BCUT2D eigenvalue weighted by molar-refractivity contribution is 7.41. The normalized spacial score (nSPS) is 13.5. The van der Waals surface area contributed by atoms with Crippen LogP contribution in [-0.2, 0) is 32.6 Å². The molecule has 32 heavy (non-hydrogen) atoms. The first kappa shape index (κ1) is 31.2. The molecule has 0 heterocycles. The smallest absolute Gasteiger partial charge is 0.332 e. The number of unbranched alkanes of at least 4 members (excludes halogenated alkanes) is 8. The summed E-state index contributed by atoms with van der Waals surface area (Å²) >= 11 is 0. The van der Waals surface area contributed by atoms with Gasteiger partial charge >= 0.3 is 14.6 Å².